The molecule has 0 amide bonds. The van der Waals surface area contributed by atoms with Crippen LogP contribution in [-0.2, 0) is 18.2 Å². The zero-order valence-electron chi connectivity index (χ0n) is 32.6. The van der Waals surface area contributed by atoms with Crippen molar-refractivity contribution in [2.75, 3.05) is 25.5 Å². The molecule has 2 atom stereocenters. The lowest BCUT2D eigenvalue weighted by molar-refractivity contribution is -0.111. The van der Waals surface area contributed by atoms with Crippen LogP contribution >= 0.6 is 11.8 Å². The van der Waals surface area contributed by atoms with Crippen LogP contribution in [0.3, 0.4) is 0 Å². The van der Waals surface area contributed by atoms with E-state index in [1.807, 2.05) is 0 Å². The van der Waals surface area contributed by atoms with Crippen molar-refractivity contribution in [3.63, 3.8) is 0 Å². The van der Waals surface area contributed by atoms with Crippen molar-refractivity contribution >= 4 is 25.7 Å². The topological polar surface area (TPSA) is 56.8 Å². The normalized spacial score (nSPS) is 18.6. The van der Waals surface area contributed by atoms with Gasteiger partial charge in [0.25, 0.3) is 0 Å². The molecule has 0 aliphatic carbocycles. The first-order valence-electron chi connectivity index (χ1n) is 21.5. The van der Waals surface area contributed by atoms with Gasteiger partial charge in [0.1, 0.15) is 0 Å². The highest BCUT2D eigenvalue weighted by Crippen LogP contribution is 2.25. The third kappa shape index (κ3) is 28.7. The smallest absolute Gasteiger partial charge is 0.373 e. The first-order chi connectivity index (χ1) is 23.7. The molecule has 0 aromatic heterocycles. The summed E-state index contributed by atoms with van der Waals surface area (Å²) in [5.74, 6) is 1.44. The van der Waals surface area contributed by atoms with Gasteiger partial charge in [-0.05, 0) is 38.0 Å². The molecule has 1 heterocycles. The van der Waals surface area contributed by atoms with Crippen molar-refractivity contribution in [1.82, 2.24) is 5.48 Å². The van der Waals surface area contributed by atoms with E-state index in [0.717, 1.165) is 57.2 Å². The van der Waals surface area contributed by atoms with Gasteiger partial charge in [-0.3, -0.25) is 9.32 Å². The molecule has 0 spiro atoms. The predicted octanol–water partition coefficient (Wildman–Crippen LogP) is 13.5. The Morgan fingerprint density at radius 3 is 1.67 bits per heavy atom. The zero-order chi connectivity index (χ0) is 34.6. The molecule has 1 aliphatic heterocycles. The first kappa shape index (κ1) is 46.1. The molecule has 1 aliphatic rings. The first-order valence-corrected chi connectivity index (χ1v) is 24.4. The van der Waals surface area contributed by atoms with Gasteiger partial charge in [-0.1, -0.05) is 193 Å². The lowest BCUT2D eigenvalue weighted by Gasteiger charge is -2.33. The van der Waals surface area contributed by atoms with Crippen LogP contribution in [0.25, 0.3) is 0 Å². The van der Waals surface area contributed by atoms with Gasteiger partial charge in [0, 0.05) is 38.0 Å². The molecule has 0 aromatic carbocycles. The molecule has 1 N–H and O–H groups in total. The molecule has 1 saturated heterocycles. The highest BCUT2D eigenvalue weighted by atomic mass is 32.2. The Morgan fingerprint density at radius 2 is 1.12 bits per heavy atom. The number of hydroxylamine groups is 1. The summed E-state index contributed by atoms with van der Waals surface area (Å²) in [4.78, 5) is 12.5. The summed E-state index contributed by atoms with van der Waals surface area (Å²) in [6.45, 7) is 9.18. The molecule has 7 heteroatoms. The molecule has 286 valence electrons. The number of rotatable bonds is 35. The van der Waals surface area contributed by atoms with Crippen LogP contribution in [0.4, 0.5) is 0 Å². The number of nitrogens with one attached hydrogen (secondary N) is 1. The number of hydrogen-bond acceptors (Lipinski definition) is 6. The van der Waals surface area contributed by atoms with Crippen molar-refractivity contribution in [3.05, 3.63) is 0 Å². The minimum absolute atomic E-state index is 0.348. The van der Waals surface area contributed by atoms with Gasteiger partial charge in [-0.25, -0.2) is 5.48 Å². The van der Waals surface area contributed by atoms with Crippen LogP contribution in [0.5, 0.6) is 0 Å². The summed E-state index contributed by atoms with van der Waals surface area (Å²) in [5.41, 5.74) is 3.34. The van der Waals surface area contributed by atoms with Gasteiger partial charge in [0.05, 0.1) is 0 Å². The Hall–Kier alpha value is 0.0769. The van der Waals surface area contributed by atoms with Gasteiger partial charge in [0.2, 0.25) is 0 Å². The Bertz CT molecular complexity index is 675. The molecular formula is C41H83NO4SSi. The standard InChI is InChI=1S/C41H83NO4SSi/c1-4-7-10-13-16-19-21-22-25-28-32-40-34-36-45-48(46-42-39-40,44-35-30-27-24-18-15-12-9-6-3)38-31-37-47-41(43)33-29-26-23-20-17-14-11-8-5-2/h40,42H,4-39H2,1-3H3. The second-order valence-corrected chi connectivity index (χ2v) is 18.6. The largest absolute Gasteiger partial charge is 0.517 e. The van der Waals surface area contributed by atoms with Crippen LogP contribution in [-0.4, -0.2) is 39.4 Å². The monoisotopic (exact) mass is 714 g/mol. The maximum atomic E-state index is 12.5. The molecule has 1 rings (SSSR count). The number of carbonyl (C=O) groups is 1. The van der Waals surface area contributed by atoms with E-state index < -0.39 is 8.80 Å². The molecule has 48 heavy (non-hydrogen) atoms. The lowest BCUT2D eigenvalue weighted by Crippen LogP contribution is -2.52. The van der Waals surface area contributed by atoms with Crippen LogP contribution < -0.4 is 5.48 Å². The van der Waals surface area contributed by atoms with E-state index in [2.05, 4.69) is 26.3 Å². The third-order valence-electron chi connectivity index (χ3n) is 10.1. The summed E-state index contributed by atoms with van der Waals surface area (Å²) in [6, 6.07) is 0.790. The SMILES string of the molecule is CCCCCCCCCCCCC1CCO[Si](CCCSC(=O)CCCCCCCCCCC)(OCCCCCCCCCC)ONC1. The fourth-order valence-electron chi connectivity index (χ4n) is 6.81. The van der Waals surface area contributed by atoms with E-state index in [1.54, 1.807) is 0 Å². The van der Waals surface area contributed by atoms with E-state index in [4.69, 9.17) is 13.4 Å². The summed E-state index contributed by atoms with van der Waals surface area (Å²) in [7, 11) is -2.81. The van der Waals surface area contributed by atoms with Crippen LogP contribution in [0.2, 0.25) is 6.04 Å². The van der Waals surface area contributed by atoms with Crippen LogP contribution in [0, 0.1) is 5.92 Å². The van der Waals surface area contributed by atoms with E-state index in [9.17, 15) is 4.79 Å². The number of thioether (sulfide) groups is 1. The van der Waals surface area contributed by atoms with E-state index in [0.29, 0.717) is 17.5 Å². The second kappa shape index (κ2) is 35.5. The van der Waals surface area contributed by atoms with Gasteiger partial charge < -0.3 is 8.85 Å². The molecular weight excluding hydrogens is 631 g/mol. The maximum Gasteiger partial charge on any atom is 0.517 e. The van der Waals surface area contributed by atoms with Gasteiger partial charge in [-0.15, -0.1) is 0 Å². The van der Waals surface area contributed by atoms with E-state index in [1.165, 1.54) is 179 Å². The average molecular weight is 714 g/mol. The maximum absolute atomic E-state index is 12.5. The van der Waals surface area contributed by atoms with Gasteiger partial charge in [0.15, 0.2) is 5.12 Å². The number of hydrogen-bond donors (Lipinski definition) is 1. The molecule has 0 bridgehead atoms. The van der Waals surface area contributed by atoms with Crippen molar-refractivity contribution in [2.45, 2.75) is 226 Å². The van der Waals surface area contributed by atoms with Gasteiger partial charge in [-0.2, -0.15) is 0 Å². The second-order valence-electron chi connectivity index (χ2n) is 14.8. The van der Waals surface area contributed by atoms with Gasteiger partial charge >= 0.3 is 8.80 Å². The highest BCUT2D eigenvalue weighted by molar-refractivity contribution is 8.13. The van der Waals surface area contributed by atoms with Crippen LogP contribution in [0.1, 0.15) is 220 Å². The summed E-state index contributed by atoms with van der Waals surface area (Å²) >= 11 is 1.51. The highest BCUT2D eigenvalue weighted by Gasteiger charge is 2.42. The quantitative estimate of drug-likeness (QED) is 0.0521. The minimum atomic E-state index is -2.81. The third-order valence-corrected chi connectivity index (χ3v) is 13.8. The number of unbranched alkanes of at least 4 members (excludes halogenated alkanes) is 24. The number of carbonyl (C=O) groups excluding carboxylic acids is 1. The Morgan fingerprint density at radius 1 is 0.646 bits per heavy atom. The van der Waals surface area contributed by atoms with E-state index >= 15 is 0 Å². The summed E-state index contributed by atoms with van der Waals surface area (Å²) in [6.07, 6.45) is 39.7. The molecule has 1 fully saturated rings. The molecule has 0 saturated carbocycles. The Kier molecular flexibility index (Phi) is 34.1. The van der Waals surface area contributed by atoms with E-state index in [-0.39, 0.29) is 0 Å². The van der Waals surface area contributed by atoms with Crippen molar-refractivity contribution in [2.24, 2.45) is 5.92 Å². The minimum Gasteiger partial charge on any atom is -0.373 e. The van der Waals surface area contributed by atoms with Crippen molar-refractivity contribution in [3.8, 4) is 0 Å². The fourth-order valence-corrected chi connectivity index (χ4v) is 10.3. The summed E-state index contributed by atoms with van der Waals surface area (Å²) in [5, 5.41) is 0.348. The molecule has 2 unspecified atom stereocenters. The Balaban J connectivity index is 2.33. The Labute approximate surface area is 305 Å². The zero-order valence-corrected chi connectivity index (χ0v) is 34.4. The fraction of sp³-hybridized carbons (Fsp3) is 0.976. The molecule has 0 aromatic rings. The average Bonchev–Trinajstić information content (AvgIpc) is 3.08. The van der Waals surface area contributed by atoms with Crippen LogP contribution in [0.15, 0.2) is 0 Å². The van der Waals surface area contributed by atoms with Crippen molar-refractivity contribution < 1.29 is 18.2 Å². The van der Waals surface area contributed by atoms with Crippen molar-refractivity contribution in [1.29, 1.82) is 0 Å². The molecule has 5 nitrogen and oxygen atoms in total. The predicted molar refractivity (Wildman–Crippen MR) is 213 cm³/mol. The lowest BCUT2D eigenvalue weighted by atomic mass is 9.97. The summed E-state index contributed by atoms with van der Waals surface area (Å²) < 4.78 is 19.4. The molecule has 0 radical (unpaired) electrons.